The molecule has 2 saturated heterocycles. The molecule has 0 radical (unpaired) electrons. The van der Waals surface area contributed by atoms with Crippen molar-refractivity contribution in [1.82, 2.24) is 19.3 Å². The summed E-state index contributed by atoms with van der Waals surface area (Å²) in [7, 11) is 0. The summed E-state index contributed by atoms with van der Waals surface area (Å²) in [6, 6.07) is 11.5. The second-order valence-electron chi connectivity index (χ2n) is 8.58. The van der Waals surface area contributed by atoms with E-state index in [0.717, 1.165) is 63.1 Å². The minimum atomic E-state index is 0.146. The average molecular weight is 394 g/mol. The van der Waals surface area contributed by atoms with Crippen LogP contribution in [0.15, 0.2) is 30.5 Å². The highest BCUT2D eigenvalue weighted by atomic mass is 16.2. The molecule has 0 atom stereocenters. The highest BCUT2D eigenvalue weighted by molar-refractivity contribution is 5.98. The largest absolute Gasteiger partial charge is 0.344 e. The number of amides is 1. The molecule has 29 heavy (non-hydrogen) atoms. The molecule has 6 heteroatoms. The summed E-state index contributed by atoms with van der Waals surface area (Å²) in [5.74, 6) is 0.146. The molecule has 0 bridgehead atoms. The quantitative estimate of drug-likeness (QED) is 0.750. The SMILES string of the molecule is CC(C)N1CCN(C(=O)c2ccc3c(ccn3C3CCN(CC#N)CC3)c2)CC1. The summed E-state index contributed by atoms with van der Waals surface area (Å²) in [6.07, 6.45) is 4.28. The van der Waals surface area contributed by atoms with Crippen LogP contribution >= 0.6 is 0 Å². The molecule has 1 amide bonds. The van der Waals surface area contributed by atoms with Gasteiger partial charge in [0.2, 0.25) is 0 Å². The molecule has 2 aliphatic heterocycles. The Bertz CT molecular complexity index is 896. The summed E-state index contributed by atoms with van der Waals surface area (Å²) in [5.41, 5.74) is 1.99. The van der Waals surface area contributed by atoms with Gasteiger partial charge in [0.25, 0.3) is 5.91 Å². The van der Waals surface area contributed by atoms with Crippen molar-refractivity contribution in [1.29, 1.82) is 5.26 Å². The number of carbonyl (C=O) groups excluding carboxylic acids is 1. The number of carbonyl (C=O) groups is 1. The number of piperazine rings is 1. The zero-order chi connectivity index (χ0) is 20.4. The van der Waals surface area contributed by atoms with Gasteiger partial charge < -0.3 is 9.47 Å². The first-order valence-electron chi connectivity index (χ1n) is 10.8. The first-order valence-corrected chi connectivity index (χ1v) is 10.8. The van der Waals surface area contributed by atoms with Crippen molar-refractivity contribution < 1.29 is 4.79 Å². The number of likely N-dealkylation sites (tertiary alicyclic amines) is 1. The van der Waals surface area contributed by atoms with Crippen molar-refractivity contribution in [2.24, 2.45) is 0 Å². The Morgan fingerprint density at radius 1 is 1.10 bits per heavy atom. The molecule has 2 aromatic rings. The van der Waals surface area contributed by atoms with E-state index in [1.807, 2.05) is 17.0 Å². The first-order chi connectivity index (χ1) is 14.1. The molecule has 2 aliphatic rings. The van der Waals surface area contributed by atoms with Crippen molar-refractivity contribution in [2.45, 2.75) is 38.8 Å². The van der Waals surface area contributed by atoms with E-state index in [4.69, 9.17) is 5.26 Å². The normalized spacial score (nSPS) is 19.7. The van der Waals surface area contributed by atoms with Gasteiger partial charge in [0, 0.05) is 74.0 Å². The Hall–Kier alpha value is -2.36. The molecule has 0 spiro atoms. The van der Waals surface area contributed by atoms with E-state index >= 15 is 0 Å². The number of hydrogen-bond acceptors (Lipinski definition) is 4. The maximum atomic E-state index is 13.0. The van der Waals surface area contributed by atoms with Crippen LogP contribution in [0.5, 0.6) is 0 Å². The summed E-state index contributed by atoms with van der Waals surface area (Å²) >= 11 is 0. The molecular formula is C23H31N5O. The van der Waals surface area contributed by atoms with E-state index in [1.165, 1.54) is 5.52 Å². The van der Waals surface area contributed by atoms with Crippen molar-refractivity contribution >= 4 is 16.8 Å². The molecule has 154 valence electrons. The number of piperidine rings is 1. The topological polar surface area (TPSA) is 55.5 Å². The Kier molecular flexibility index (Phi) is 5.89. The summed E-state index contributed by atoms with van der Waals surface area (Å²) in [4.78, 5) is 19.6. The third-order valence-corrected chi connectivity index (χ3v) is 6.54. The number of aromatic nitrogens is 1. The van der Waals surface area contributed by atoms with Crippen LogP contribution in [0.2, 0.25) is 0 Å². The second kappa shape index (κ2) is 8.56. The zero-order valence-electron chi connectivity index (χ0n) is 17.5. The standard InChI is InChI=1S/C23H31N5O/c1-18(2)26-13-15-27(16-14-26)23(29)20-3-4-22-19(17-20)5-11-28(22)21-6-9-25(10-7-21)12-8-24/h3-5,11,17-18,21H,6-7,9-10,12-16H2,1-2H3. The lowest BCUT2D eigenvalue weighted by Crippen LogP contribution is -2.50. The predicted octanol–water partition coefficient (Wildman–Crippen LogP) is 2.97. The molecule has 0 saturated carbocycles. The molecule has 4 rings (SSSR count). The van der Waals surface area contributed by atoms with Crippen molar-refractivity contribution in [3.63, 3.8) is 0 Å². The molecule has 1 aromatic heterocycles. The third-order valence-electron chi connectivity index (χ3n) is 6.54. The highest BCUT2D eigenvalue weighted by Crippen LogP contribution is 2.28. The highest BCUT2D eigenvalue weighted by Gasteiger charge is 2.24. The van der Waals surface area contributed by atoms with Gasteiger partial charge in [0.05, 0.1) is 12.6 Å². The molecule has 0 aliphatic carbocycles. The van der Waals surface area contributed by atoms with E-state index in [2.05, 4.69) is 52.6 Å². The molecule has 6 nitrogen and oxygen atoms in total. The van der Waals surface area contributed by atoms with Crippen LogP contribution in [0.3, 0.4) is 0 Å². The lowest BCUT2D eigenvalue weighted by atomic mass is 10.0. The molecule has 3 heterocycles. The number of hydrogen-bond donors (Lipinski definition) is 0. The van der Waals surface area contributed by atoms with Gasteiger partial charge in [0.15, 0.2) is 0 Å². The lowest BCUT2D eigenvalue weighted by Gasteiger charge is -2.37. The van der Waals surface area contributed by atoms with Crippen molar-refractivity contribution in [3.05, 3.63) is 36.0 Å². The van der Waals surface area contributed by atoms with Crippen LogP contribution in [-0.4, -0.2) is 77.0 Å². The number of fused-ring (bicyclic) bond motifs is 1. The predicted molar refractivity (Wildman–Crippen MR) is 115 cm³/mol. The Morgan fingerprint density at radius 3 is 2.48 bits per heavy atom. The fraction of sp³-hybridized carbons (Fsp3) is 0.565. The Labute approximate surface area is 173 Å². The molecule has 0 unspecified atom stereocenters. The molecule has 2 fully saturated rings. The average Bonchev–Trinajstić information content (AvgIpc) is 3.17. The van der Waals surface area contributed by atoms with E-state index in [9.17, 15) is 4.79 Å². The fourth-order valence-corrected chi connectivity index (χ4v) is 4.70. The molecule has 0 N–H and O–H groups in total. The maximum Gasteiger partial charge on any atom is 0.253 e. The van der Waals surface area contributed by atoms with Gasteiger partial charge in [-0.25, -0.2) is 0 Å². The van der Waals surface area contributed by atoms with Crippen LogP contribution in [0.4, 0.5) is 0 Å². The van der Waals surface area contributed by atoms with Gasteiger partial charge in [-0.1, -0.05) is 0 Å². The summed E-state index contributed by atoms with van der Waals surface area (Å²) < 4.78 is 2.36. The van der Waals surface area contributed by atoms with Gasteiger partial charge in [-0.15, -0.1) is 0 Å². The van der Waals surface area contributed by atoms with E-state index in [1.54, 1.807) is 0 Å². The number of rotatable bonds is 4. The van der Waals surface area contributed by atoms with Crippen LogP contribution in [0, 0.1) is 11.3 Å². The lowest BCUT2D eigenvalue weighted by molar-refractivity contribution is 0.0595. The Balaban J connectivity index is 1.45. The van der Waals surface area contributed by atoms with Crippen LogP contribution in [0.25, 0.3) is 10.9 Å². The van der Waals surface area contributed by atoms with Gasteiger partial charge in [0.1, 0.15) is 0 Å². The number of nitrogens with zero attached hydrogens (tertiary/aromatic N) is 5. The minimum absolute atomic E-state index is 0.146. The minimum Gasteiger partial charge on any atom is -0.344 e. The fourth-order valence-electron chi connectivity index (χ4n) is 4.70. The van der Waals surface area contributed by atoms with Gasteiger partial charge >= 0.3 is 0 Å². The van der Waals surface area contributed by atoms with Crippen LogP contribution in [-0.2, 0) is 0 Å². The van der Waals surface area contributed by atoms with Crippen LogP contribution in [0.1, 0.15) is 43.1 Å². The van der Waals surface area contributed by atoms with E-state index < -0.39 is 0 Å². The van der Waals surface area contributed by atoms with Crippen molar-refractivity contribution in [3.8, 4) is 6.07 Å². The van der Waals surface area contributed by atoms with E-state index in [0.29, 0.717) is 18.6 Å². The third kappa shape index (κ3) is 4.17. The van der Waals surface area contributed by atoms with Gasteiger partial charge in [-0.2, -0.15) is 5.26 Å². The second-order valence-corrected chi connectivity index (χ2v) is 8.58. The monoisotopic (exact) mass is 393 g/mol. The zero-order valence-corrected chi connectivity index (χ0v) is 17.5. The maximum absolute atomic E-state index is 13.0. The number of benzene rings is 1. The van der Waals surface area contributed by atoms with Crippen molar-refractivity contribution in [2.75, 3.05) is 45.8 Å². The van der Waals surface area contributed by atoms with Crippen LogP contribution < -0.4 is 0 Å². The molecular weight excluding hydrogens is 362 g/mol. The summed E-state index contributed by atoms with van der Waals surface area (Å²) in [5, 5.41) is 10.0. The smallest absolute Gasteiger partial charge is 0.253 e. The Morgan fingerprint density at radius 2 is 1.83 bits per heavy atom. The van der Waals surface area contributed by atoms with Gasteiger partial charge in [-0.05, 0) is 51.0 Å². The van der Waals surface area contributed by atoms with E-state index in [-0.39, 0.29) is 5.91 Å². The molecule has 1 aromatic carbocycles. The summed E-state index contributed by atoms with van der Waals surface area (Å²) in [6.45, 7) is 10.4. The van der Waals surface area contributed by atoms with Gasteiger partial charge in [-0.3, -0.25) is 14.6 Å². The first kappa shape index (κ1) is 19.9. The number of nitriles is 1.